The summed E-state index contributed by atoms with van der Waals surface area (Å²) in [5, 5.41) is 10.6. The first-order valence-electron chi connectivity index (χ1n) is 17.5. The predicted octanol–water partition coefficient (Wildman–Crippen LogP) is 5.82. The van der Waals surface area contributed by atoms with Crippen molar-refractivity contribution < 1.29 is 60.8 Å². The van der Waals surface area contributed by atoms with Crippen molar-refractivity contribution in [2.24, 2.45) is 5.10 Å². The number of halogens is 2. The van der Waals surface area contributed by atoms with Gasteiger partial charge in [-0.15, -0.1) is 0 Å². The van der Waals surface area contributed by atoms with Crippen LogP contribution in [0.3, 0.4) is 0 Å². The smallest absolute Gasteiger partial charge is 0.490 e. The average Bonchev–Trinajstić information content (AvgIpc) is 3.73. The van der Waals surface area contributed by atoms with Crippen LogP contribution >= 0.6 is 23.2 Å². The molecule has 2 heterocycles. The molecule has 2 atom stereocenters. The number of aryl methyl sites for hydroxylation is 1. The number of ketones is 1. The van der Waals surface area contributed by atoms with Crippen LogP contribution in [0.5, 0.6) is 11.6 Å². The molecule has 20 heteroatoms. The highest BCUT2D eigenvalue weighted by Gasteiger charge is 2.49. The summed E-state index contributed by atoms with van der Waals surface area (Å²) in [6.07, 6.45) is 0.452. The minimum Gasteiger partial charge on any atom is -0.490 e. The van der Waals surface area contributed by atoms with Gasteiger partial charge in [-0.05, 0) is 65.0 Å². The topological polar surface area (TPSA) is 200 Å². The van der Waals surface area contributed by atoms with Crippen LogP contribution < -0.4 is 14.5 Å². The van der Waals surface area contributed by atoms with Gasteiger partial charge in [0, 0.05) is 49.4 Å². The van der Waals surface area contributed by atoms with E-state index >= 15 is 0 Å². The van der Waals surface area contributed by atoms with Crippen molar-refractivity contribution in [3.05, 3.63) is 63.3 Å². The zero-order chi connectivity index (χ0) is 42.7. The van der Waals surface area contributed by atoms with E-state index in [4.69, 9.17) is 51.6 Å². The molecule has 3 aromatic rings. The number of rotatable bonds is 16. The van der Waals surface area contributed by atoms with Gasteiger partial charge in [0.15, 0.2) is 21.2 Å². The Labute approximate surface area is 340 Å². The molecule has 312 valence electrons. The van der Waals surface area contributed by atoms with Gasteiger partial charge in [-0.3, -0.25) is 4.79 Å². The van der Waals surface area contributed by atoms with Gasteiger partial charge in [0.2, 0.25) is 12.2 Å². The van der Waals surface area contributed by atoms with Crippen LogP contribution in [-0.2, 0) is 49.7 Å². The Balaban J connectivity index is 0.000000321. The van der Waals surface area contributed by atoms with Crippen molar-refractivity contribution in [2.45, 2.75) is 71.2 Å². The van der Waals surface area contributed by atoms with E-state index in [1.807, 2.05) is 0 Å². The van der Waals surface area contributed by atoms with E-state index in [1.54, 1.807) is 52.8 Å². The Kier molecular flexibility index (Phi) is 16.7. The van der Waals surface area contributed by atoms with Crippen molar-refractivity contribution in [1.29, 1.82) is 0 Å². The van der Waals surface area contributed by atoms with Crippen molar-refractivity contribution >= 4 is 68.3 Å². The fraction of sp³-hybridized carbons (Fsp3) is 0.459. The predicted molar refractivity (Wildman–Crippen MR) is 209 cm³/mol. The number of hydrazone groups is 1. The summed E-state index contributed by atoms with van der Waals surface area (Å²) in [5.41, 5.74) is 0.0461. The van der Waals surface area contributed by atoms with Crippen LogP contribution in [0.1, 0.15) is 62.5 Å². The lowest BCUT2D eigenvalue weighted by molar-refractivity contribution is -0.148. The second kappa shape index (κ2) is 20.5. The molecule has 0 fully saturated rings. The Bertz CT molecular complexity index is 2090. The number of anilines is 1. The molecule has 0 N–H and O–H groups in total. The summed E-state index contributed by atoms with van der Waals surface area (Å²) in [7, 11) is -0.963. The molecule has 0 spiro atoms. The third-order valence-electron chi connectivity index (χ3n) is 8.15. The molecule has 2 aromatic carbocycles. The fourth-order valence-corrected chi connectivity index (χ4v) is 6.77. The molecule has 2 unspecified atom stereocenters. The van der Waals surface area contributed by atoms with Crippen molar-refractivity contribution in [3.8, 4) is 11.6 Å². The van der Waals surface area contributed by atoms with Crippen molar-refractivity contribution in [3.63, 3.8) is 0 Å². The lowest BCUT2D eigenvalue weighted by Crippen LogP contribution is -2.48. The molecular formula is C37H46Cl2N4O13S. The highest BCUT2D eigenvalue weighted by Crippen LogP contribution is 2.39. The largest absolute Gasteiger partial charge is 0.511 e. The van der Waals surface area contributed by atoms with E-state index in [9.17, 15) is 27.6 Å². The number of carbonyl (C=O) groups excluding carboxylic acids is 4. The maximum atomic E-state index is 13.4. The van der Waals surface area contributed by atoms with Crippen LogP contribution in [0.15, 0.2) is 46.5 Å². The first-order valence-corrected chi connectivity index (χ1v) is 20.2. The number of hydrogen-bond acceptors (Lipinski definition) is 16. The Morgan fingerprint density at radius 2 is 1.67 bits per heavy atom. The molecular weight excluding hydrogens is 811 g/mol. The first kappa shape index (κ1) is 46.5. The summed E-state index contributed by atoms with van der Waals surface area (Å²) >= 11 is 12.2. The summed E-state index contributed by atoms with van der Waals surface area (Å²) in [5.74, 6) is -1.37. The first-order chi connectivity index (χ1) is 26.9. The Hall–Kier alpha value is -4.91. The maximum Gasteiger partial charge on any atom is 0.511 e. The van der Waals surface area contributed by atoms with Crippen LogP contribution in [0.25, 0.3) is 0 Å². The number of hydrogen-bond donors (Lipinski definition) is 0. The molecule has 0 saturated heterocycles. The van der Waals surface area contributed by atoms with E-state index in [0.29, 0.717) is 27.8 Å². The number of sulfone groups is 1. The van der Waals surface area contributed by atoms with Crippen LogP contribution in [0.4, 0.5) is 10.5 Å². The highest BCUT2D eigenvalue weighted by molar-refractivity contribution is 7.90. The summed E-state index contributed by atoms with van der Waals surface area (Å²) in [6.45, 7) is 11.1. The van der Waals surface area contributed by atoms with E-state index in [0.717, 1.165) is 13.4 Å². The number of ether oxygens (including phenoxy) is 7. The van der Waals surface area contributed by atoms with Gasteiger partial charge in [0.05, 0.1) is 43.8 Å². The minimum absolute atomic E-state index is 0.0338. The second-order valence-corrected chi connectivity index (χ2v) is 15.1. The van der Waals surface area contributed by atoms with Gasteiger partial charge in [0.25, 0.3) is 0 Å². The van der Waals surface area contributed by atoms with Crippen molar-refractivity contribution in [1.82, 2.24) is 9.78 Å². The number of methoxy groups -OCH3 is 2. The number of esters is 2. The lowest BCUT2D eigenvalue weighted by atomic mass is 9.95. The number of nitrogens with zero attached hydrogens (tertiary/aromatic N) is 4. The molecule has 17 nitrogen and oxygen atoms in total. The zero-order valence-corrected chi connectivity index (χ0v) is 35.4. The molecule has 1 aliphatic heterocycles. The van der Waals surface area contributed by atoms with Gasteiger partial charge < -0.3 is 33.2 Å². The monoisotopic (exact) mass is 856 g/mol. The molecule has 0 bridgehead atoms. The summed E-state index contributed by atoms with van der Waals surface area (Å²) < 4.78 is 61.7. The quantitative estimate of drug-likeness (QED) is 0.0548. The van der Waals surface area contributed by atoms with Gasteiger partial charge in [-0.2, -0.15) is 10.2 Å². The summed E-state index contributed by atoms with van der Waals surface area (Å²) in [4.78, 5) is 49.3. The Morgan fingerprint density at radius 3 is 2.25 bits per heavy atom. The molecule has 0 aliphatic carbocycles. The minimum atomic E-state index is -3.62. The van der Waals surface area contributed by atoms with Gasteiger partial charge in [-0.25, -0.2) is 32.5 Å². The number of carbonyl (C=O) groups is 4. The third-order valence-corrected chi connectivity index (χ3v) is 9.81. The molecule has 57 heavy (non-hydrogen) atoms. The lowest BCUT2D eigenvalue weighted by Gasteiger charge is -2.32. The maximum absolute atomic E-state index is 13.4. The highest BCUT2D eigenvalue weighted by atomic mass is 35.5. The van der Waals surface area contributed by atoms with E-state index in [1.165, 1.54) is 42.1 Å². The molecule has 1 aromatic heterocycles. The molecule has 4 rings (SSSR count). The van der Waals surface area contributed by atoms with Gasteiger partial charge in [-0.1, -0.05) is 23.2 Å². The normalized spacial score (nSPS) is 15.4. The van der Waals surface area contributed by atoms with Crippen LogP contribution in [0.2, 0.25) is 10.0 Å². The van der Waals surface area contributed by atoms with Gasteiger partial charge in [0.1, 0.15) is 28.5 Å². The zero-order valence-electron chi connectivity index (χ0n) is 33.0. The third kappa shape index (κ3) is 11.4. The number of benzene rings is 2. The van der Waals surface area contributed by atoms with E-state index in [-0.39, 0.29) is 66.2 Å². The molecule has 0 radical (unpaired) electrons. The number of aromatic nitrogens is 2. The fourth-order valence-electron chi connectivity index (χ4n) is 5.41. The van der Waals surface area contributed by atoms with E-state index < -0.39 is 45.5 Å². The standard InChI is InChI=1S/C21H28N2O9S.C16H18Cl2N2O4/c1-7-23-20(31-14(3)32-21(25)29-5)16(12-22-23)18(24)15-8-9-17(33(6,26)27)19(13(15)2)30-11-10-28-4;1-4-23-14(21)12-9-16(3,15(22)24-5-2)20(19-12)13-7-6-10(17)8-11(13)18/h8-9,12,14H,7,10-11H2,1-6H3;6-8H,4-5,9H2,1-3H3. The Morgan fingerprint density at radius 1 is 0.982 bits per heavy atom. The average molecular weight is 858 g/mol. The SMILES string of the molecule is CCOC(=O)C1=NN(c2ccc(Cl)cc2Cl)C(C)(C(=O)OCC)C1.CCn1ncc(C(=O)c2ccc(S(C)(=O)=O)c(OCCOC)c2C)c1OC(C)OC(=O)OC. The summed E-state index contributed by atoms with van der Waals surface area (Å²) in [6, 6.07) is 7.55. The van der Waals surface area contributed by atoms with E-state index in [2.05, 4.69) is 14.9 Å². The van der Waals surface area contributed by atoms with Gasteiger partial charge >= 0.3 is 18.1 Å². The molecule has 0 amide bonds. The second-order valence-electron chi connectivity index (χ2n) is 12.3. The van der Waals surface area contributed by atoms with Crippen LogP contribution in [-0.4, -0.2) is 107 Å². The molecule has 0 saturated carbocycles. The molecule has 1 aliphatic rings. The van der Waals surface area contributed by atoms with Crippen molar-refractivity contribution in [2.75, 3.05) is 51.9 Å². The van der Waals surface area contributed by atoms with Crippen LogP contribution in [0, 0.1) is 6.92 Å².